The summed E-state index contributed by atoms with van der Waals surface area (Å²) in [7, 11) is 0. The Morgan fingerprint density at radius 2 is 1.42 bits per heavy atom. The number of aliphatic hydroxyl groups is 1. The van der Waals surface area contributed by atoms with Gasteiger partial charge >= 0.3 is 0 Å². The minimum Gasteiger partial charge on any atom is -0.393 e. The molecule has 0 unspecified atom stereocenters. The van der Waals surface area contributed by atoms with E-state index in [1.165, 1.54) is 44.9 Å². The van der Waals surface area contributed by atoms with Gasteiger partial charge in [0.05, 0.1) is 6.10 Å². The second-order valence-electron chi connectivity index (χ2n) is 8.25. The molecule has 2 nitrogen and oxygen atoms in total. The summed E-state index contributed by atoms with van der Waals surface area (Å²) in [6, 6.07) is 0. The molecule has 0 aliphatic heterocycles. The van der Waals surface area contributed by atoms with Gasteiger partial charge in [-0.2, -0.15) is 0 Å². The standard InChI is InChI=1S/C17H29NO/c18-10-17(3-1-15(19)2-4-17)16-13-6-11-5-12(8-13)9-14(16)7-11/h11-16,19H,1-10,18H2. The first-order valence-electron chi connectivity index (χ1n) is 8.58. The molecule has 5 saturated carbocycles. The second-order valence-corrected chi connectivity index (χ2v) is 8.25. The van der Waals surface area contributed by atoms with Crippen molar-refractivity contribution < 1.29 is 5.11 Å². The summed E-state index contributed by atoms with van der Waals surface area (Å²) in [5.41, 5.74) is 6.67. The summed E-state index contributed by atoms with van der Waals surface area (Å²) in [6.07, 6.45) is 11.9. The van der Waals surface area contributed by atoms with Gasteiger partial charge in [-0.25, -0.2) is 0 Å². The summed E-state index contributed by atoms with van der Waals surface area (Å²) in [6.45, 7) is 0.868. The lowest BCUT2D eigenvalue weighted by Gasteiger charge is -2.61. The Kier molecular flexibility index (Phi) is 2.97. The predicted molar refractivity (Wildman–Crippen MR) is 76.5 cm³/mol. The van der Waals surface area contributed by atoms with Gasteiger partial charge in [0, 0.05) is 0 Å². The fourth-order valence-electron chi connectivity index (χ4n) is 6.78. The topological polar surface area (TPSA) is 46.2 Å². The van der Waals surface area contributed by atoms with Gasteiger partial charge in [-0.3, -0.25) is 0 Å². The third-order valence-corrected chi connectivity index (χ3v) is 7.29. The van der Waals surface area contributed by atoms with E-state index >= 15 is 0 Å². The summed E-state index contributed by atoms with van der Waals surface area (Å²) >= 11 is 0. The van der Waals surface area contributed by atoms with E-state index in [1.54, 1.807) is 0 Å². The first kappa shape index (κ1) is 12.6. The molecular weight excluding hydrogens is 234 g/mol. The largest absolute Gasteiger partial charge is 0.393 e. The molecule has 108 valence electrons. The summed E-state index contributed by atoms with van der Waals surface area (Å²) in [4.78, 5) is 0. The van der Waals surface area contributed by atoms with Gasteiger partial charge in [0.1, 0.15) is 0 Å². The highest BCUT2D eigenvalue weighted by atomic mass is 16.3. The van der Waals surface area contributed by atoms with Crippen LogP contribution in [0.25, 0.3) is 0 Å². The monoisotopic (exact) mass is 263 g/mol. The minimum atomic E-state index is -0.0449. The summed E-state index contributed by atoms with van der Waals surface area (Å²) < 4.78 is 0. The molecule has 0 amide bonds. The van der Waals surface area contributed by atoms with Crippen molar-refractivity contribution in [1.29, 1.82) is 0 Å². The molecule has 0 spiro atoms. The Morgan fingerprint density at radius 3 is 1.89 bits per heavy atom. The van der Waals surface area contributed by atoms with Crippen LogP contribution in [0, 0.1) is 35.0 Å². The molecule has 0 atom stereocenters. The summed E-state index contributed by atoms with van der Waals surface area (Å²) in [5.74, 6) is 4.98. The van der Waals surface area contributed by atoms with E-state index in [1.807, 2.05) is 0 Å². The lowest BCUT2D eigenvalue weighted by molar-refractivity contribution is -0.114. The maximum atomic E-state index is 9.85. The van der Waals surface area contributed by atoms with Crippen LogP contribution in [-0.2, 0) is 0 Å². The number of hydrogen-bond donors (Lipinski definition) is 2. The SMILES string of the molecule is NCC1(C2C3CC4CC(C3)CC2C4)CCC(O)CC1. The average Bonchev–Trinajstić information content (AvgIpc) is 2.40. The Labute approximate surface area is 117 Å². The first-order chi connectivity index (χ1) is 9.20. The van der Waals surface area contributed by atoms with Crippen LogP contribution in [0.1, 0.15) is 57.8 Å². The highest BCUT2D eigenvalue weighted by molar-refractivity contribution is 5.05. The van der Waals surface area contributed by atoms with E-state index in [4.69, 9.17) is 5.73 Å². The normalized spacial score (nSPS) is 56.5. The van der Waals surface area contributed by atoms with Crippen molar-refractivity contribution in [2.75, 3.05) is 6.54 Å². The average molecular weight is 263 g/mol. The maximum Gasteiger partial charge on any atom is 0.0540 e. The Bertz CT molecular complexity index is 317. The van der Waals surface area contributed by atoms with Gasteiger partial charge in [-0.1, -0.05) is 0 Å². The van der Waals surface area contributed by atoms with Crippen LogP contribution >= 0.6 is 0 Å². The van der Waals surface area contributed by atoms with Crippen LogP contribution < -0.4 is 5.73 Å². The molecular formula is C17H29NO. The van der Waals surface area contributed by atoms with E-state index in [0.717, 1.165) is 49.0 Å². The van der Waals surface area contributed by atoms with Gasteiger partial charge in [-0.05, 0) is 99.3 Å². The third-order valence-electron chi connectivity index (χ3n) is 7.29. The van der Waals surface area contributed by atoms with E-state index in [0.29, 0.717) is 5.41 Å². The maximum absolute atomic E-state index is 9.85. The predicted octanol–water partition coefficient (Wildman–Crippen LogP) is 2.94. The number of rotatable bonds is 2. The molecule has 0 aromatic carbocycles. The molecule has 0 aromatic rings. The van der Waals surface area contributed by atoms with Crippen molar-refractivity contribution >= 4 is 0 Å². The molecule has 5 rings (SSSR count). The van der Waals surface area contributed by atoms with Crippen molar-refractivity contribution in [3.8, 4) is 0 Å². The van der Waals surface area contributed by atoms with Crippen molar-refractivity contribution in [1.82, 2.24) is 0 Å². The van der Waals surface area contributed by atoms with E-state index in [-0.39, 0.29) is 6.10 Å². The smallest absolute Gasteiger partial charge is 0.0540 e. The lowest BCUT2D eigenvalue weighted by Crippen LogP contribution is -2.55. The molecule has 0 aromatic heterocycles. The molecule has 3 N–H and O–H groups in total. The Hall–Kier alpha value is -0.0800. The molecule has 2 heteroatoms. The zero-order valence-corrected chi connectivity index (χ0v) is 12.1. The van der Waals surface area contributed by atoms with Gasteiger partial charge in [0.2, 0.25) is 0 Å². The molecule has 0 radical (unpaired) electrons. The number of hydrogen-bond acceptors (Lipinski definition) is 2. The van der Waals surface area contributed by atoms with Crippen LogP contribution in [-0.4, -0.2) is 17.8 Å². The molecule has 5 fully saturated rings. The molecule has 0 heterocycles. The van der Waals surface area contributed by atoms with Gasteiger partial charge in [0.25, 0.3) is 0 Å². The third kappa shape index (κ3) is 1.90. The zero-order chi connectivity index (χ0) is 13.0. The molecule has 19 heavy (non-hydrogen) atoms. The molecule has 5 aliphatic rings. The van der Waals surface area contributed by atoms with Crippen molar-refractivity contribution in [3.05, 3.63) is 0 Å². The molecule has 5 aliphatic carbocycles. The zero-order valence-electron chi connectivity index (χ0n) is 12.1. The Morgan fingerprint density at radius 1 is 0.895 bits per heavy atom. The van der Waals surface area contributed by atoms with E-state index < -0.39 is 0 Å². The fourth-order valence-corrected chi connectivity index (χ4v) is 6.78. The van der Waals surface area contributed by atoms with Gasteiger partial charge < -0.3 is 10.8 Å². The first-order valence-corrected chi connectivity index (χ1v) is 8.58. The van der Waals surface area contributed by atoms with Gasteiger partial charge in [-0.15, -0.1) is 0 Å². The van der Waals surface area contributed by atoms with Crippen molar-refractivity contribution in [2.45, 2.75) is 63.9 Å². The van der Waals surface area contributed by atoms with Crippen LogP contribution in [0.15, 0.2) is 0 Å². The summed E-state index contributed by atoms with van der Waals surface area (Å²) in [5, 5.41) is 9.85. The number of nitrogens with two attached hydrogens (primary N) is 1. The quantitative estimate of drug-likeness (QED) is 0.804. The van der Waals surface area contributed by atoms with Crippen LogP contribution in [0.5, 0.6) is 0 Å². The van der Waals surface area contributed by atoms with E-state index in [2.05, 4.69) is 0 Å². The van der Waals surface area contributed by atoms with E-state index in [9.17, 15) is 5.11 Å². The van der Waals surface area contributed by atoms with Crippen LogP contribution in [0.2, 0.25) is 0 Å². The lowest BCUT2D eigenvalue weighted by atomic mass is 9.45. The van der Waals surface area contributed by atoms with Gasteiger partial charge in [0.15, 0.2) is 0 Å². The van der Waals surface area contributed by atoms with Crippen LogP contribution in [0.3, 0.4) is 0 Å². The second kappa shape index (κ2) is 4.46. The fraction of sp³-hybridized carbons (Fsp3) is 1.00. The number of aliphatic hydroxyl groups excluding tert-OH is 1. The van der Waals surface area contributed by atoms with Crippen molar-refractivity contribution in [3.63, 3.8) is 0 Å². The highest BCUT2D eigenvalue weighted by Gasteiger charge is 2.55. The minimum absolute atomic E-state index is 0.0449. The Balaban J connectivity index is 1.60. The molecule has 4 bridgehead atoms. The van der Waals surface area contributed by atoms with Crippen molar-refractivity contribution in [2.24, 2.45) is 40.7 Å². The highest BCUT2D eigenvalue weighted by Crippen LogP contribution is 2.63. The molecule has 0 saturated heterocycles. The van der Waals surface area contributed by atoms with Crippen LogP contribution in [0.4, 0.5) is 0 Å².